The Morgan fingerprint density at radius 1 is 1.25 bits per heavy atom. The predicted octanol–water partition coefficient (Wildman–Crippen LogP) is 4.51. The van der Waals surface area contributed by atoms with Crippen molar-refractivity contribution in [1.29, 1.82) is 0 Å². The Morgan fingerprint density at radius 3 is 2.43 bits per heavy atom. The number of amides is 1. The topological polar surface area (TPSA) is 56.2 Å². The van der Waals surface area contributed by atoms with E-state index in [0.717, 1.165) is 5.56 Å². The molecule has 2 rings (SSSR count). The van der Waals surface area contributed by atoms with Crippen LogP contribution in [0.5, 0.6) is 0 Å². The summed E-state index contributed by atoms with van der Waals surface area (Å²) >= 11 is 6.30. The van der Waals surface area contributed by atoms with Gasteiger partial charge in [0, 0.05) is 13.1 Å². The van der Waals surface area contributed by atoms with Crippen molar-refractivity contribution in [3.8, 4) is 0 Å². The highest BCUT2D eigenvalue weighted by atomic mass is 35.5. The quantitative estimate of drug-likeness (QED) is 0.687. The maximum absolute atomic E-state index is 12.5. The van der Waals surface area contributed by atoms with Crippen molar-refractivity contribution in [1.82, 2.24) is 15.1 Å². The van der Waals surface area contributed by atoms with E-state index in [1.165, 1.54) is 0 Å². The lowest BCUT2D eigenvalue weighted by Crippen LogP contribution is -2.23. The number of rotatable bonds is 8. The van der Waals surface area contributed by atoms with E-state index in [0.29, 0.717) is 34.4 Å². The molecule has 0 saturated heterocycles. The number of ether oxygens (including phenoxy) is 1. The molecule has 0 radical (unpaired) electrons. The van der Waals surface area contributed by atoms with E-state index in [1.54, 1.807) is 35.9 Å². The zero-order valence-corrected chi connectivity index (χ0v) is 16.7. The molecule has 0 aliphatic heterocycles. The zero-order chi connectivity index (χ0) is 20.9. The Bertz CT molecular complexity index is 802. The molecule has 5 nitrogen and oxygen atoms in total. The van der Waals surface area contributed by atoms with Crippen LogP contribution in [0.3, 0.4) is 0 Å². The summed E-state index contributed by atoms with van der Waals surface area (Å²) in [5.41, 5.74) is 2.32. The van der Waals surface area contributed by atoms with Gasteiger partial charge in [-0.3, -0.25) is 9.48 Å². The van der Waals surface area contributed by atoms with Gasteiger partial charge in [-0.25, -0.2) is 0 Å². The summed E-state index contributed by atoms with van der Waals surface area (Å²) in [6, 6.07) is 6.78. The van der Waals surface area contributed by atoms with Crippen LogP contribution in [-0.2, 0) is 24.4 Å². The Labute approximate surface area is 166 Å². The van der Waals surface area contributed by atoms with Crippen LogP contribution in [0.2, 0.25) is 5.15 Å². The van der Waals surface area contributed by atoms with Gasteiger partial charge < -0.3 is 10.1 Å². The summed E-state index contributed by atoms with van der Waals surface area (Å²) in [5.74, 6) is 0.0152. The molecular weight excluding hydrogens is 395 g/mol. The summed E-state index contributed by atoms with van der Waals surface area (Å²) in [4.78, 5) is 12.5. The molecule has 0 fully saturated rings. The van der Waals surface area contributed by atoms with Gasteiger partial charge in [0.25, 0.3) is 5.91 Å². The van der Waals surface area contributed by atoms with Crippen LogP contribution < -0.4 is 5.32 Å². The molecule has 28 heavy (non-hydrogen) atoms. The van der Waals surface area contributed by atoms with Crippen LogP contribution in [-0.4, -0.2) is 28.5 Å². The fourth-order valence-corrected chi connectivity index (χ4v) is 2.92. The zero-order valence-electron chi connectivity index (χ0n) is 15.9. The van der Waals surface area contributed by atoms with Crippen LogP contribution in [0.4, 0.5) is 13.2 Å². The summed E-state index contributed by atoms with van der Waals surface area (Å²) in [6.07, 6.45) is -4.34. The largest absolute Gasteiger partial charge is 0.411 e. The van der Waals surface area contributed by atoms with Crippen molar-refractivity contribution in [2.45, 2.75) is 46.6 Å². The molecular formula is C19H23ClF3N3O2. The van der Waals surface area contributed by atoms with E-state index >= 15 is 0 Å². The average Bonchev–Trinajstić information content (AvgIpc) is 2.86. The molecule has 0 aliphatic rings. The standard InChI is InChI=1S/C19H23ClF3N3O2/c1-12(2)9-26-17(20)16(13(3)25-26)18(27)24-8-14-4-6-15(7-5-14)10-28-11-19(21,22)23/h4-7,12H,8-11H2,1-3H3,(H,24,27). The van der Waals surface area contributed by atoms with Crippen molar-refractivity contribution in [2.24, 2.45) is 5.92 Å². The second-order valence-electron chi connectivity index (χ2n) is 6.93. The number of aryl methyl sites for hydroxylation is 1. The van der Waals surface area contributed by atoms with E-state index in [4.69, 9.17) is 11.6 Å². The van der Waals surface area contributed by atoms with E-state index < -0.39 is 12.8 Å². The third-order valence-corrected chi connectivity index (χ3v) is 4.23. The van der Waals surface area contributed by atoms with Crippen LogP contribution in [0.15, 0.2) is 24.3 Å². The SMILES string of the molecule is Cc1nn(CC(C)C)c(Cl)c1C(=O)NCc1ccc(COCC(F)(F)F)cc1. The minimum Gasteiger partial charge on any atom is -0.367 e. The maximum atomic E-state index is 12.5. The molecule has 0 atom stereocenters. The van der Waals surface area contributed by atoms with Crippen molar-refractivity contribution < 1.29 is 22.7 Å². The maximum Gasteiger partial charge on any atom is 0.411 e. The first-order valence-electron chi connectivity index (χ1n) is 8.80. The molecule has 0 spiro atoms. The normalized spacial score (nSPS) is 11.9. The Kier molecular flexibility index (Phi) is 7.48. The summed E-state index contributed by atoms with van der Waals surface area (Å²) in [6.45, 7) is 5.26. The molecule has 0 aliphatic carbocycles. The first kappa shape index (κ1) is 22.2. The Balaban J connectivity index is 1.92. The van der Waals surface area contributed by atoms with Crippen molar-refractivity contribution in [3.05, 3.63) is 51.8 Å². The highest BCUT2D eigenvalue weighted by molar-refractivity contribution is 6.33. The van der Waals surface area contributed by atoms with E-state index in [1.807, 2.05) is 13.8 Å². The van der Waals surface area contributed by atoms with E-state index in [-0.39, 0.29) is 19.1 Å². The molecule has 1 N–H and O–H groups in total. The van der Waals surface area contributed by atoms with Crippen LogP contribution in [0.25, 0.3) is 0 Å². The lowest BCUT2D eigenvalue weighted by Gasteiger charge is -2.09. The smallest absolute Gasteiger partial charge is 0.367 e. The lowest BCUT2D eigenvalue weighted by molar-refractivity contribution is -0.176. The molecule has 1 heterocycles. The minimum atomic E-state index is -4.34. The number of alkyl halides is 3. The van der Waals surface area contributed by atoms with Crippen LogP contribution in [0, 0.1) is 12.8 Å². The van der Waals surface area contributed by atoms with Gasteiger partial charge in [0.05, 0.1) is 17.9 Å². The number of nitrogens with one attached hydrogen (secondary N) is 1. The molecule has 0 bridgehead atoms. The first-order valence-corrected chi connectivity index (χ1v) is 9.18. The summed E-state index contributed by atoms with van der Waals surface area (Å²) in [7, 11) is 0. The molecule has 1 aromatic carbocycles. The molecule has 1 amide bonds. The molecule has 1 aromatic heterocycles. The second kappa shape index (κ2) is 9.43. The number of aromatic nitrogens is 2. The van der Waals surface area contributed by atoms with Gasteiger partial charge in [-0.15, -0.1) is 0 Å². The molecule has 154 valence electrons. The number of benzene rings is 1. The minimum absolute atomic E-state index is 0.129. The summed E-state index contributed by atoms with van der Waals surface area (Å²) < 4.78 is 42.5. The summed E-state index contributed by atoms with van der Waals surface area (Å²) in [5, 5.41) is 7.41. The third-order valence-electron chi connectivity index (χ3n) is 3.84. The van der Waals surface area contributed by atoms with Gasteiger partial charge in [0.1, 0.15) is 11.8 Å². The van der Waals surface area contributed by atoms with E-state index in [2.05, 4.69) is 15.2 Å². The number of hydrogen-bond donors (Lipinski definition) is 1. The van der Waals surface area contributed by atoms with Crippen LogP contribution in [0.1, 0.15) is 41.0 Å². The number of carbonyl (C=O) groups excluding carboxylic acids is 1. The highest BCUT2D eigenvalue weighted by Gasteiger charge is 2.27. The Morgan fingerprint density at radius 2 is 1.86 bits per heavy atom. The number of carbonyl (C=O) groups is 1. The fourth-order valence-electron chi connectivity index (χ4n) is 2.59. The van der Waals surface area contributed by atoms with Gasteiger partial charge in [-0.1, -0.05) is 49.7 Å². The first-order chi connectivity index (χ1) is 13.1. The number of halogens is 4. The van der Waals surface area contributed by atoms with Crippen molar-refractivity contribution >= 4 is 17.5 Å². The molecule has 9 heteroatoms. The highest BCUT2D eigenvalue weighted by Crippen LogP contribution is 2.21. The molecule has 0 unspecified atom stereocenters. The predicted molar refractivity (Wildman–Crippen MR) is 100 cm³/mol. The Hall–Kier alpha value is -2.06. The van der Waals surface area contributed by atoms with Gasteiger partial charge in [0.15, 0.2) is 0 Å². The molecule has 2 aromatic rings. The van der Waals surface area contributed by atoms with E-state index in [9.17, 15) is 18.0 Å². The number of nitrogens with zero attached hydrogens (tertiary/aromatic N) is 2. The second-order valence-corrected chi connectivity index (χ2v) is 7.29. The van der Waals surface area contributed by atoms with Gasteiger partial charge in [-0.05, 0) is 24.0 Å². The third kappa shape index (κ3) is 6.53. The van der Waals surface area contributed by atoms with Gasteiger partial charge in [0.2, 0.25) is 0 Å². The van der Waals surface area contributed by atoms with Crippen LogP contribution >= 0.6 is 11.6 Å². The van der Waals surface area contributed by atoms with Crippen molar-refractivity contribution in [2.75, 3.05) is 6.61 Å². The van der Waals surface area contributed by atoms with Crippen molar-refractivity contribution in [3.63, 3.8) is 0 Å². The lowest BCUT2D eigenvalue weighted by atomic mass is 10.1. The van der Waals surface area contributed by atoms with Gasteiger partial charge >= 0.3 is 6.18 Å². The average molecular weight is 418 g/mol. The number of hydrogen-bond acceptors (Lipinski definition) is 3. The molecule has 0 saturated carbocycles. The monoisotopic (exact) mass is 417 g/mol. The van der Waals surface area contributed by atoms with Gasteiger partial charge in [-0.2, -0.15) is 18.3 Å². The fraction of sp³-hybridized carbons (Fsp3) is 0.474.